The zero-order valence-corrected chi connectivity index (χ0v) is 13.8. The van der Waals surface area contributed by atoms with Crippen LogP contribution in [0.2, 0.25) is 0 Å². The smallest absolute Gasteiger partial charge is 0.150 e. The van der Waals surface area contributed by atoms with Crippen LogP contribution in [-0.2, 0) is 9.84 Å². The van der Waals surface area contributed by atoms with Crippen molar-refractivity contribution in [3.63, 3.8) is 0 Å². The van der Waals surface area contributed by atoms with E-state index in [2.05, 4.69) is 10.6 Å². The molecule has 2 saturated heterocycles. The minimum absolute atomic E-state index is 0.344. The lowest BCUT2D eigenvalue weighted by molar-refractivity contribution is 0.178. The van der Waals surface area contributed by atoms with Crippen molar-refractivity contribution < 1.29 is 8.42 Å². The molecule has 0 aromatic heterocycles. The molecule has 0 bridgehead atoms. The van der Waals surface area contributed by atoms with Gasteiger partial charge in [-0.15, -0.1) is 0 Å². The third-order valence-electron chi connectivity index (χ3n) is 5.68. The predicted molar refractivity (Wildman–Crippen MR) is 86.2 cm³/mol. The molecular weight excluding hydrogens is 284 g/mol. The summed E-state index contributed by atoms with van der Waals surface area (Å²) in [5.41, 5.74) is 0. The molecule has 0 aromatic rings. The van der Waals surface area contributed by atoms with Crippen LogP contribution in [-0.4, -0.2) is 45.1 Å². The van der Waals surface area contributed by atoms with Gasteiger partial charge < -0.3 is 10.6 Å². The first-order chi connectivity index (χ1) is 10.1. The fraction of sp³-hybridized carbons (Fsp3) is 1.00. The summed E-state index contributed by atoms with van der Waals surface area (Å²) in [7, 11) is -2.73. The van der Waals surface area contributed by atoms with Crippen LogP contribution in [0.15, 0.2) is 0 Å². The van der Waals surface area contributed by atoms with Gasteiger partial charge in [0.2, 0.25) is 0 Å². The summed E-state index contributed by atoms with van der Waals surface area (Å²) in [5.74, 6) is 1.89. The number of hydrogen-bond donors (Lipinski definition) is 2. The van der Waals surface area contributed by atoms with Gasteiger partial charge in [-0.05, 0) is 57.0 Å². The van der Waals surface area contributed by atoms with E-state index >= 15 is 0 Å². The average Bonchev–Trinajstić information content (AvgIpc) is 2.86. The standard InChI is InChI=1S/C16H30N2O2S/c19-21(20)10-8-13(12-21)11-18-16-6-2-1-5-14(16)15-7-3-4-9-17-15/h13-18H,1-12H2. The van der Waals surface area contributed by atoms with Gasteiger partial charge in [0.1, 0.15) is 0 Å². The Bertz CT molecular complexity index is 432. The number of nitrogens with one attached hydrogen (secondary N) is 2. The predicted octanol–water partition coefficient (Wildman–Crippen LogP) is 1.71. The Kier molecular flexibility index (Phi) is 5.23. The third-order valence-corrected chi connectivity index (χ3v) is 7.52. The molecule has 2 heterocycles. The van der Waals surface area contributed by atoms with Gasteiger partial charge in [0.25, 0.3) is 0 Å². The van der Waals surface area contributed by atoms with Crippen molar-refractivity contribution in [2.24, 2.45) is 11.8 Å². The van der Waals surface area contributed by atoms with Gasteiger partial charge in [0.05, 0.1) is 11.5 Å². The summed E-state index contributed by atoms with van der Waals surface area (Å²) in [6.07, 6.45) is 10.1. The lowest BCUT2D eigenvalue weighted by atomic mass is 9.77. The van der Waals surface area contributed by atoms with Gasteiger partial charge in [-0.25, -0.2) is 8.42 Å². The first-order valence-corrected chi connectivity index (χ1v) is 10.6. The molecule has 0 spiro atoms. The highest BCUT2D eigenvalue weighted by Gasteiger charge is 2.34. The van der Waals surface area contributed by atoms with Crippen LogP contribution in [0.1, 0.15) is 51.4 Å². The van der Waals surface area contributed by atoms with Crippen LogP contribution >= 0.6 is 0 Å². The molecule has 0 radical (unpaired) electrons. The largest absolute Gasteiger partial charge is 0.314 e. The summed E-state index contributed by atoms with van der Waals surface area (Å²) < 4.78 is 23.1. The van der Waals surface area contributed by atoms with Gasteiger partial charge >= 0.3 is 0 Å². The molecule has 3 aliphatic rings. The highest BCUT2D eigenvalue weighted by molar-refractivity contribution is 7.91. The minimum atomic E-state index is -2.73. The van der Waals surface area contributed by atoms with Crippen molar-refractivity contribution in [2.45, 2.75) is 63.5 Å². The van der Waals surface area contributed by atoms with Gasteiger partial charge in [0.15, 0.2) is 9.84 Å². The lowest BCUT2D eigenvalue weighted by Crippen LogP contribution is -2.51. The van der Waals surface area contributed by atoms with E-state index in [9.17, 15) is 8.42 Å². The molecule has 4 atom stereocenters. The Morgan fingerprint density at radius 2 is 1.81 bits per heavy atom. The number of rotatable bonds is 4. The molecule has 3 rings (SSSR count). The van der Waals surface area contributed by atoms with Crippen LogP contribution in [0, 0.1) is 11.8 Å². The zero-order valence-electron chi connectivity index (χ0n) is 13.0. The van der Waals surface area contributed by atoms with Gasteiger partial charge in [-0.3, -0.25) is 0 Å². The summed E-state index contributed by atoms with van der Waals surface area (Å²) in [4.78, 5) is 0. The second-order valence-electron chi connectivity index (χ2n) is 7.29. The highest BCUT2D eigenvalue weighted by atomic mass is 32.2. The van der Waals surface area contributed by atoms with E-state index in [4.69, 9.17) is 0 Å². The van der Waals surface area contributed by atoms with Crippen molar-refractivity contribution >= 4 is 9.84 Å². The van der Waals surface area contributed by atoms with Crippen LogP contribution < -0.4 is 10.6 Å². The highest BCUT2D eigenvalue weighted by Crippen LogP contribution is 2.31. The number of hydrogen-bond acceptors (Lipinski definition) is 4. The van der Waals surface area contributed by atoms with Crippen molar-refractivity contribution in [3.05, 3.63) is 0 Å². The normalized spacial score (nSPS) is 40.2. The number of sulfone groups is 1. The van der Waals surface area contributed by atoms with E-state index in [1.54, 1.807) is 0 Å². The van der Waals surface area contributed by atoms with Crippen molar-refractivity contribution in [1.82, 2.24) is 10.6 Å². The van der Waals surface area contributed by atoms with Crippen molar-refractivity contribution in [1.29, 1.82) is 0 Å². The molecule has 0 aromatic carbocycles. The first-order valence-electron chi connectivity index (χ1n) is 8.81. The Hall–Kier alpha value is -0.130. The molecule has 1 saturated carbocycles. The van der Waals surface area contributed by atoms with E-state index in [0.717, 1.165) is 18.9 Å². The van der Waals surface area contributed by atoms with Crippen molar-refractivity contribution in [3.8, 4) is 0 Å². The quantitative estimate of drug-likeness (QED) is 0.829. The average molecular weight is 314 g/mol. The molecule has 122 valence electrons. The van der Waals surface area contributed by atoms with Gasteiger partial charge in [-0.2, -0.15) is 0 Å². The van der Waals surface area contributed by atoms with E-state index in [-0.39, 0.29) is 0 Å². The molecular formula is C16H30N2O2S. The Labute approximate surface area is 129 Å². The lowest BCUT2D eigenvalue weighted by Gasteiger charge is -2.40. The van der Waals surface area contributed by atoms with E-state index in [0.29, 0.717) is 29.5 Å². The molecule has 1 aliphatic carbocycles. The van der Waals surface area contributed by atoms with Crippen molar-refractivity contribution in [2.75, 3.05) is 24.6 Å². The molecule has 2 aliphatic heterocycles. The Morgan fingerprint density at radius 3 is 2.52 bits per heavy atom. The summed E-state index contributed by atoms with van der Waals surface area (Å²) >= 11 is 0. The molecule has 21 heavy (non-hydrogen) atoms. The maximum Gasteiger partial charge on any atom is 0.150 e. The molecule has 0 amide bonds. The molecule has 3 fully saturated rings. The topological polar surface area (TPSA) is 58.2 Å². The maximum atomic E-state index is 11.6. The minimum Gasteiger partial charge on any atom is -0.314 e. The summed E-state index contributed by atoms with van der Waals surface area (Å²) in [6, 6.07) is 1.28. The Morgan fingerprint density at radius 1 is 1.00 bits per heavy atom. The second kappa shape index (κ2) is 6.97. The Balaban J connectivity index is 1.52. The molecule has 4 unspecified atom stereocenters. The molecule has 5 heteroatoms. The second-order valence-corrected chi connectivity index (χ2v) is 9.52. The van der Waals surface area contributed by atoms with Crippen LogP contribution in [0.4, 0.5) is 0 Å². The van der Waals surface area contributed by atoms with Crippen LogP contribution in [0.25, 0.3) is 0 Å². The monoisotopic (exact) mass is 314 g/mol. The van der Waals surface area contributed by atoms with Gasteiger partial charge in [0, 0.05) is 12.1 Å². The van der Waals surface area contributed by atoms with E-state index in [1.165, 1.54) is 51.5 Å². The molecule has 2 N–H and O–H groups in total. The fourth-order valence-corrected chi connectivity index (χ4v) is 6.35. The third kappa shape index (κ3) is 4.20. The number of piperidine rings is 1. The fourth-order valence-electron chi connectivity index (χ4n) is 4.49. The maximum absolute atomic E-state index is 11.6. The van der Waals surface area contributed by atoms with Gasteiger partial charge in [-0.1, -0.05) is 19.3 Å². The van der Waals surface area contributed by atoms with Crippen LogP contribution in [0.5, 0.6) is 0 Å². The van der Waals surface area contributed by atoms with E-state index in [1.807, 2.05) is 0 Å². The first kappa shape index (κ1) is 15.8. The summed E-state index contributed by atoms with van der Waals surface area (Å²) in [6.45, 7) is 2.07. The van der Waals surface area contributed by atoms with E-state index < -0.39 is 9.84 Å². The molecule has 4 nitrogen and oxygen atoms in total. The summed E-state index contributed by atoms with van der Waals surface area (Å²) in [5, 5.41) is 7.47. The SMILES string of the molecule is O=S1(=O)CCC(CNC2CCCCC2C2CCCCN2)C1. The zero-order chi connectivity index (χ0) is 14.7. The van der Waals surface area contributed by atoms with Crippen LogP contribution in [0.3, 0.4) is 0 Å².